The second-order valence-electron chi connectivity index (χ2n) is 9.71. The van der Waals surface area contributed by atoms with Crippen molar-refractivity contribution < 1.29 is 0 Å². The molecular formula is C30H36N2. The van der Waals surface area contributed by atoms with Gasteiger partial charge >= 0.3 is 0 Å². The van der Waals surface area contributed by atoms with Crippen LogP contribution in [-0.4, -0.2) is 28.9 Å². The molecule has 1 aliphatic carbocycles. The van der Waals surface area contributed by atoms with Crippen LogP contribution in [0.5, 0.6) is 0 Å². The van der Waals surface area contributed by atoms with Crippen molar-refractivity contribution in [3.05, 3.63) is 107 Å². The Labute approximate surface area is 193 Å². The summed E-state index contributed by atoms with van der Waals surface area (Å²) >= 11 is 0. The zero-order chi connectivity index (χ0) is 21.6. The summed E-state index contributed by atoms with van der Waals surface area (Å²) < 4.78 is 0. The van der Waals surface area contributed by atoms with Gasteiger partial charge in [-0.05, 0) is 73.0 Å². The maximum absolute atomic E-state index is 2.70. The zero-order valence-electron chi connectivity index (χ0n) is 19.3. The molecule has 0 aromatic heterocycles. The lowest BCUT2D eigenvalue weighted by Gasteiger charge is -2.36. The number of nitrogens with zero attached hydrogens (tertiary/aromatic N) is 2. The number of benzene rings is 3. The molecule has 0 bridgehead atoms. The second-order valence-corrected chi connectivity index (χ2v) is 9.71. The van der Waals surface area contributed by atoms with Gasteiger partial charge in [-0.15, -0.1) is 0 Å². The van der Waals surface area contributed by atoms with Crippen LogP contribution in [0.15, 0.2) is 78.9 Å². The van der Waals surface area contributed by atoms with Crippen LogP contribution in [0.25, 0.3) is 0 Å². The van der Waals surface area contributed by atoms with Crippen molar-refractivity contribution in [2.45, 2.75) is 64.2 Å². The van der Waals surface area contributed by atoms with Crippen molar-refractivity contribution in [2.75, 3.05) is 13.1 Å². The molecule has 2 nitrogen and oxygen atoms in total. The molecule has 2 aliphatic rings. The lowest BCUT2D eigenvalue weighted by molar-refractivity contribution is 0.162. The fraction of sp³-hybridized carbons (Fsp3) is 0.400. The standard InChI is InChI=1S/C30H36N2/c1-4-10-25(11-5-1)23-32(24-26-12-6-2-7-13-26)30-17-16-28-20-27(14-15-29(28)21-30)22-31-18-8-3-9-19-31/h1-2,4-7,10-15,20,30H,3,8-9,16-19,21-24H2. The van der Waals surface area contributed by atoms with Gasteiger partial charge in [-0.25, -0.2) is 0 Å². The van der Waals surface area contributed by atoms with Gasteiger partial charge in [0.1, 0.15) is 0 Å². The quantitative estimate of drug-likeness (QED) is 0.443. The number of fused-ring (bicyclic) bond motifs is 1. The minimum Gasteiger partial charge on any atom is -0.299 e. The maximum Gasteiger partial charge on any atom is 0.0240 e. The predicted molar refractivity (Wildman–Crippen MR) is 134 cm³/mol. The molecule has 166 valence electrons. The molecule has 2 heteroatoms. The van der Waals surface area contributed by atoms with E-state index in [0.29, 0.717) is 6.04 Å². The molecule has 3 aromatic carbocycles. The van der Waals surface area contributed by atoms with E-state index in [4.69, 9.17) is 0 Å². The van der Waals surface area contributed by atoms with Crippen LogP contribution < -0.4 is 0 Å². The Kier molecular flexibility index (Phi) is 7.01. The molecular weight excluding hydrogens is 388 g/mol. The first-order valence-electron chi connectivity index (χ1n) is 12.5. The van der Waals surface area contributed by atoms with Crippen LogP contribution in [0.2, 0.25) is 0 Å². The van der Waals surface area contributed by atoms with Gasteiger partial charge in [-0.2, -0.15) is 0 Å². The summed E-state index contributed by atoms with van der Waals surface area (Å²) in [5.41, 5.74) is 7.48. The van der Waals surface area contributed by atoms with Crippen molar-refractivity contribution in [2.24, 2.45) is 0 Å². The Bertz CT molecular complexity index is 935. The molecule has 1 heterocycles. The highest BCUT2D eigenvalue weighted by molar-refractivity contribution is 5.35. The van der Waals surface area contributed by atoms with Gasteiger partial charge in [0.05, 0.1) is 0 Å². The van der Waals surface area contributed by atoms with Gasteiger partial charge in [0.2, 0.25) is 0 Å². The van der Waals surface area contributed by atoms with Crippen molar-refractivity contribution in [1.82, 2.24) is 9.80 Å². The van der Waals surface area contributed by atoms with Crippen molar-refractivity contribution >= 4 is 0 Å². The van der Waals surface area contributed by atoms with Gasteiger partial charge < -0.3 is 0 Å². The van der Waals surface area contributed by atoms with Gasteiger partial charge in [-0.3, -0.25) is 9.80 Å². The third-order valence-corrected chi connectivity index (χ3v) is 7.30. The topological polar surface area (TPSA) is 6.48 Å². The maximum atomic E-state index is 2.70. The first kappa shape index (κ1) is 21.4. The first-order valence-corrected chi connectivity index (χ1v) is 12.5. The molecule has 0 N–H and O–H groups in total. The molecule has 1 atom stereocenters. The molecule has 0 saturated carbocycles. The number of hydrogen-bond acceptors (Lipinski definition) is 2. The number of piperidine rings is 1. The van der Waals surface area contributed by atoms with Crippen LogP contribution in [0.4, 0.5) is 0 Å². The Hall–Kier alpha value is -2.42. The highest BCUT2D eigenvalue weighted by atomic mass is 15.2. The third-order valence-electron chi connectivity index (χ3n) is 7.30. The lowest BCUT2D eigenvalue weighted by atomic mass is 9.86. The van der Waals surface area contributed by atoms with E-state index < -0.39 is 0 Å². The summed E-state index contributed by atoms with van der Waals surface area (Å²) in [5, 5.41) is 0. The van der Waals surface area contributed by atoms with Crippen molar-refractivity contribution in [1.29, 1.82) is 0 Å². The molecule has 0 spiro atoms. The van der Waals surface area contributed by atoms with E-state index >= 15 is 0 Å². The van der Waals surface area contributed by atoms with E-state index in [9.17, 15) is 0 Å². The van der Waals surface area contributed by atoms with E-state index in [1.54, 1.807) is 11.1 Å². The molecule has 1 unspecified atom stereocenters. The predicted octanol–water partition coefficient (Wildman–Crippen LogP) is 6.23. The summed E-state index contributed by atoms with van der Waals surface area (Å²) in [6.45, 7) is 5.70. The van der Waals surface area contributed by atoms with E-state index in [1.807, 2.05) is 0 Å². The molecule has 0 amide bonds. The van der Waals surface area contributed by atoms with E-state index in [-0.39, 0.29) is 0 Å². The smallest absolute Gasteiger partial charge is 0.0240 e. The monoisotopic (exact) mass is 424 g/mol. The number of rotatable bonds is 7. The first-order chi connectivity index (χ1) is 15.8. The summed E-state index contributed by atoms with van der Waals surface area (Å²) in [7, 11) is 0. The third kappa shape index (κ3) is 5.49. The fourth-order valence-corrected chi connectivity index (χ4v) is 5.52. The molecule has 1 saturated heterocycles. The van der Waals surface area contributed by atoms with Crippen molar-refractivity contribution in [3.63, 3.8) is 0 Å². The molecule has 3 aromatic rings. The number of aryl methyl sites for hydroxylation is 1. The minimum atomic E-state index is 0.593. The highest BCUT2D eigenvalue weighted by Crippen LogP contribution is 2.28. The van der Waals surface area contributed by atoms with E-state index in [2.05, 4.69) is 88.7 Å². The largest absolute Gasteiger partial charge is 0.299 e. The van der Waals surface area contributed by atoms with E-state index in [1.165, 1.54) is 68.3 Å². The van der Waals surface area contributed by atoms with Gasteiger partial charge in [0, 0.05) is 25.7 Å². The molecule has 5 rings (SSSR count). The zero-order valence-corrected chi connectivity index (χ0v) is 19.3. The normalized spacial score (nSPS) is 19.1. The number of hydrogen-bond donors (Lipinski definition) is 0. The molecule has 32 heavy (non-hydrogen) atoms. The average Bonchev–Trinajstić information content (AvgIpc) is 2.85. The van der Waals surface area contributed by atoms with Crippen LogP contribution in [0, 0.1) is 0 Å². The lowest BCUT2D eigenvalue weighted by Crippen LogP contribution is -2.38. The SMILES string of the molecule is c1ccc(CN(Cc2ccccc2)C2CCc3cc(CN4CCCCC4)ccc3C2)cc1. The van der Waals surface area contributed by atoms with Crippen molar-refractivity contribution in [3.8, 4) is 0 Å². The minimum absolute atomic E-state index is 0.593. The van der Waals surface area contributed by atoms with Crippen LogP contribution in [0.3, 0.4) is 0 Å². The van der Waals surface area contributed by atoms with Gasteiger partial charge in [0.15, 0.2) is 0 Å². The van der Waals surface area contributed by atoms with Crippen LogP contribution >= 0.6 is 0 Å². The fourth-order valence-electron chi connectivity index (χ4n) is 5.52. The Morgan fingerprint density at radius 2 is 1.34 bits per heavy atom. The summed E-state index contributed by atoms with van der Waals surface area (Å²) in [4.78, 5) is 5.34. The Balaban J connectivity index is 1.30. The number of likely N-dealkylation sites (tertiary alicyclic amines) is 1. The molecule has 1 aliphatic heterocycles. The van der Waals surface area contributed by atoms with Gasteiger partial charge in [-0.1, -0.05) is 85.3 Å². The second kappa shape index (κ2) is 10.5. The molecule has 1 fully saturated rings. The summed E-state index contributed by atoms with van der Waals surface area (Å²) in [5.74, 6) is 0. The van der Waals surface area contributed by atoms with E-state index in [0.717, 1.165) is 19.6 Å². The Morgan fingerprint density at radius 1 is 0.688 bits per heavy atom. The van der Waals surface area contributed by atoms with Gasteiger partial charge in [0.25, 0.3) is 0 Å². The summed E-state index contributed by atoms with van der Waals surface area (Å²) in [6.07, 6.45) is 7.76. The average molecular weight is 425 g/mol. The molecule has 0 radical (unpaired) electrons. The highest BCUT2D eigenvalue weighted by Gasteiger charge is 2.25. The van der Waals surface area contributed by atoms with Crippen LogP contribution in [0.1, 0.15) is 53.5 Å². The van der Waals surface area contributed by atoms with Crippen LogP contribution in [-0.2, 0) is 32.5 Å². The summed E-state index contributed by atoms with van der Waals surface area (Å²) in [6, 6.07) is 29.9. The Morgan fingerprint density at radius 3 is 2.00 bits per heavy atom.